The van der Waals surface area contributed by atoms with Crippen molar-refractivity contribution < 1.29 is 33.4 Å². The monoisotopic (exact) mass is 619 g/mol. The lowest BCUT2D eigenvalue weighted by Gasteiger charge is -2.30. The number of ether oxygens (including phenoxy) is 3. The van der Waals surface area contributed by atoms with Crippen LogP contribution in [0.15, 0.2) is 58.9 Å². The Labute approximate surface area is 259 Å². The van der Waals surface area contributed by atoms with Gasteiger partial charge in [-0.05, 0) is 44.1 Å². The number of carbonyl (C=O) groups is 4. The van der Waals surface area contributed by atoms with Crippen molar-refractivity contribution in [3.8, 4) is 0 Å². The van der Waals surface area contributed by atoms with Crippen molar-refractivity contribution >= 4 is 35.5 Å². The molecule has 0 spiro atoms. The molecular formula is C32H46ClN3O7. The second kappa shape index (κ2) is 16.4. The van der Waals surface area contributed by atoms with Gasteiger partial charge < -0.3 is 30.6 Å². The van der Waals surface area contributed by atoms with E-state index in [4.69, 9.17) is 31.5 Å². The number of methoxy groups -OCH3 is 1. The Morgan fingerprint density at radius 3 is 2.47 bits per heavy atom. The number of halogens is 1. The minimum Gasteiger partial charge on any atom is -0.490 e. The number of carbonyl (C=O) groups excluding carboxylic acids is 4. The van der Waals surface area contributed by atoms with Gasteiger partial charge in [0.15, 0.2) is 5.76 Å². The highest BCUT2D eigenvalue weighted by atomic mass is 35.5. The van der Waals surface area contributed by atoms with Gasteiger partial charge in [0.25, 0.3) is 0 Å². The van der Waals surface area contributed by atoms with Crippen LogP contribution in [-0.4, -0.2) is 55.3 Å². The molecule has 0 aromatic heterocycles. The van der Waals surface area contributed by atoms with Crippen LogP contribution < -0.4 is 16.4 Å². The number of amides is 3. The van der Waals surface area contributed by atoms with Gasteiger partial charge in [0.05, 0.1) is 7.11 Å². The lowest BCUT2D eigenvalue weighted by molar-refractivity contribution is -0.151. The highest BCUT2D eigenvalue weighted by molar-refractivity contribution is 6.29. The SMILES string of the molecule is COC1=CCC(C(C)/C=C(C)/C=C/C=C/C(=O)NC(C(=O)NC2CC2CC(C/C=C(\C)Cl)OC(N)=O)C(C)(C)C)OC1=O. The number of primary amides is 1. The van der Waals surface area contributed by atoms with E-state index in [9.17, 15) is 19.2 Å². The molecular weight excluding hydrogens is 574 g/mol. The van der Waals surface area contributed by atoms with E-state index in [0.717, 1.165) is 12.0 Å². The smallest absolute Gasteiger partial charge is 0.404 e. The molecule has 3 amide bonds. The predicted molar refractivity (Wildman–Crippen MR) is 166 cm³/mol. The number of nitrogens with one attached hydrogen (secondary N) is 2. The average molecular weight is 620 g/mol. The normalized spacial score (nSPS) is 23.2. The van der Waals surface area contributed by atoms with Gasteiger partial charge in [0.2, 0.25) is 11.8 Å². The van der Waals surface area contributed by atoms with Crippen molar-refractivity contribution in [2.45, 2.75) is 91.5 Å². The van der Waals surface area contributed by atoms with Gasteiger partial charge in [-0.1, -0.05) is 75.2 Å². The molecule has 1 saturated carbocycles. The van der Waals surface area contributed by atoms with Crippen LogP contribution in [-0.2, 0) is 28.6 Å². The summed E-state index contributed by atoms with van der Waals surface area (Å²) in [5.74, 6) is -0.792. The number of cyclic esters (lactones) is 1. The summed E-state index contributed by atoms with van der Waals surface area (Å²) in [6, 6.07) is -0.845. The van der Waals surface area contributed by atoms with Gasteiger partial charge in [0.1, 0.15) is 18.2 Å². The summed E-state index contributed by atoms with van der Waals surface area (Å²) in [4.78, 5) is 49.0. The fourth-order valence-electron chi connectivity index (χ4n) is 4.77. The summed E-state index contributed by atoms with van der Waals surface area (Å²) in [5.41, 5.74) is 5.61. The lowest BCUT2D eigenvalue weighted by atomic mass is 9.86. The maximum absolute atomic E-state index is 13.2. The largest absolute Gasteiger partial charge is 0.490 e. The molecule has 11 heteroatoms. The van der Waals surface area contributed by atoms with E-state index in [1.165, 1.54) is 13.2 Å². The van der Waals surface area contributed by atoms with Crippen molar-refractivity contribution in [3.05, 3.63) is 58.9 Å². The first-order valence-electron chi connectivity index (χ1n) is 14.5. The molecule has 4 N–H and O–H groups in total. The molecule has 2 aliphatic rings. The number of hydrogen-bond donors (Lipinski definition) is 3. The van der Waals surface area contributed by atoms with Crippen LogP contribution >= 0.6 is 11.6 Å². The molecule has 1 aliphatic carbocycles. The Kier molecular flexibility index (Phi) is 13.6. The molecule has 6 atom stereocenters. The Hall–Kier alpha value is -3.53. The van der Waals surface area contributed by atoms with Crippen LogP contribution in [0.1, 0.15) is 67.2 Å². The van der Waals surface area contributed by atoms with Gasteiger partial charge in [0, 0.05) is 35.9 Å². The number of hydrogen-bond acceptors (Lipinski definition) is 7. The van der Waals surface area contributed by atoms with Crippen LogP contribution in [0.2, 0.25) is 0 Å². The minimum absolute atomic E-state index is 0.0131. The summed E-state index contributed by atoms with van der Waals surface area (Å²) >= 11 is 5.91. The fraction of sp³-hybridized carbons (Fsp3) is 0.562. The number of nitrogens with two attached hydrogens (primary N) is 1. The lowest BCUT2D eigenvalue weighted by Crippen LogP contribution is -2.53. The van der Waals surface area contributed by atoms with Crippen LogP contribution in [0, 0.1) is 17.3 Å². The van der Waals surface area contributed by atoms with Crippen molar-refractivity contribution in [3.63, 3.8) is 0 Å². The molecule has 43 heavy (non-hydrogen) atoms. The molecule has 0 aromatic carbocycles. The first-order chi connectivity index (χ1) is 20.1. The van der Waals surface area contributed by atoms with Gasteiger partial charge >= 0.3 is 12.1 Å². The maximum atomic E-state index is 13.2. The standard InChI is InChI=1S/C32H46ClN3O7/c1-19(16-20(2)25-14-15-26(41-7)30(39)43-25)10-8-9-11-27(37)36-28(32(4,5)6)29(38)35-24-18-22(24)17-23(42-31(34)40)13-12-21(3)33/h8-12,15-16,20,22-25,28H,13-14,17-18H2,1-7H3,(H2,34,40)(H,35,38)(H,36,37)/b10-8+,11-9+,19-16+,21-12+. The molecule has 0 radical (unpaired) electrons. The summed E-state index contributed by atoms with van der Waals surface area (Å²) in [6.45, 7) is 11.3. The van der Waals surface area contributed by atoms with Crippen molar-refractivity contribution in [2.24, 2.45) is 23.0 Å². The fourth-order valence-corrected chi connectivity index (χ4v) is 4.86. The predicted octanol–water partition coefficient (Wildman–Crippen LogP) is 4.95. The van der Waals surface area contributed by atoms with Crippen LogP contribution in [0.3, 0.4) is 0 Å². The number of rotatable bonds is 14. The number of allylic oxidation sites excluding steroid dienone is 5. The van der Waals surface area contributed by atoms with Gasteiger partial charge in [-0.25, -0.2) is 9.59 Å². The molecule has 1 fully saturated rings. The average Bonchev–Trinajstić information content (AvgIpc) is 3.63. The summed E-state index contributed by atoms with van der Waals surface area (Å²) in [7, 11) is 1.44. The third-order valence-electron chi connectivity index (χ3n) is 7.22. The molecule has 238 valence electrons. The molecule has 10 nitrogen and oxygen atoms in total. The van der Waals surface area contributed by atoms with Crippen molar-refractivity contribution in [1.82, 2.24) is 10.6 Å². The molecule has 1 heterocycles. The summed E-state index contributed by atoms with van der Waals surface area (Å²) < 4.78 is 15.6. The molecule has 0 aromatic rings. The highest BCUT2D eigenvalue weighted by Gasteiger charge is 2.43. The van der Waals surface area contributed by atoms with E-state index >= 15 is 0 Å². The molecule has 2 rings (SSSR count). The quantitative estimate of drug-likeness (QED) is 0.142. The zero-order valence-corrected chi connectivity index (χ0v) is 26.9. The van der Waals surface area contributed by atoms with E-state index in [1.54, 1.807) is 31.2 Å². The topological polar surface area (TPSA) is 146 Å². The van der Waals surface area contributed by atoms with Crippen molar-refractivity contribution in [1.29, 1.82) is 0 Å². The Morgan fingerprint density at radius 2 is 1.88 bits per heavy atom. The second-order valence-corrected chi connectivity index (χ2v) is 12.8. The highest BCUT2D eigenvalue weighted by Crippen LogP contribution is 2.36. The molecule has 0 bridgehead atoms. The molecule has 6 unspecified atom stereocenters. The maximum Gasteiger partial charge on any atom is 0.404 e. The zero-order chi connectivity index (χ0) is 32.3. The van der Waals surface area contributed by atoms with E-state index in [0.29, 0.717) is 24.3 Å². The van der Waals surface area contributed by atoms with Crippen LogP contribution in [0.4, 0.5) is 4.79 Å². The first-order valence-corrected chi connectivity index (χ1v) is 14.9. The van der Waals surface area contributed by atoms with Crippen LogP contribution in [0.25, 0.3) is 0 Å². The third-order valence-corrected chi connectivity index (χ3v) is 7.37. The Bertz CT molecular complexity index is 1180. The Morgan fingerprint density at radius 1 is 1.21 bits per heavy atom. The molecule has 0 saturated heterocycles. The summed E-state index contributed by atoms with van der Waals surface area (Å²) in [5, 5.41) is 6.44. The third kappa shape index (κ3) is 12.7. The van der Waals surface area contributed by atoms with E-state index in [2.05, 4.69) is 10.6 Å². The zero-order valence-electron chi connectivity index (χ0n) is 26.1. The van der Waals surface area contributed by atoms with Gasteiger partial charge in [-0.3, -0.25) is 9.59 Å². The minimum atomic E-state index is -0.850. The van der Waals surface area contributed by atoms with E-state index in [-0.39, 0.29) is 35.6 Å². The molecule has 1 aliphatic heterocycles. The first kappa shape index (κ1) is 35.7. The van der Waals surface area contributed by atoms with E-state index < -0.39 is 35.5 Å². The van der Waals surface area contributed by atoms with Crippen LogP contribution in [0.5, 0.6) is 0 Å². The summed E-state index contributed by atoms with van der Waals surface area (Å²) in [6.07, 6.45) is 12.8. The number of esters is 1. The Balaban J connectivity index is 1.90. The van der Waals surface area contributed by atoms with Gasteiger partial charge in [-0.2, -0.15) is 0 Å². The second-order valence-electron chi connectivity index (χ2n) is 12.2. The van der Waals surface area contributed by atoms with Gasteiger partial charge in [-0.15, -0.1) is 0 Å². The van der Waals surface area contributed by atoms with Crippen molar-refractivity contribution in [2.75, 3.05) is 7.11 Å². The van der Waals surface area contributed by atoms with E-state index in [1.807, 2.05) is 46.8 Å².